The maximum absolute atomic E-state index is 12.8. The molecule has 0 aromatic rings. The largest absolute Gasteiger partial charge is 0.444 e. The Morgan fingerprint density at radius 2 is 1.79 bits per heavy atom. The number of carbonyl (C=O) groups excluding carboxylic acids is 2. The van der Waals surface area contributed by atoms with Crippen LogP contribution in [0.3, 0.4) is 0 Å². The van der Waals surface area contributed by atoms with Gasteiger partial charge in [-0.15, -0.1) is 0 Å². The Labute approximate surface area is 144 Å². The van der Waals surface area contributed by atoms with E-state index in [4.69, 9.17) is 4.74 Å². The lowest BCUT2D eigenvalue weighted by Crippen LogP contribution is -2.53. The van der Waals surface area contributed by atoms with Gasteiger partial charge in [0.2, 0.25) is 5.91 Å². The lowest BCUT2D eigenvalue weighted by molar-refractivity contribution is -0.126. The summed E-state index contributed by atoms with van der Waals surface area (Å²) in [7, 11) is 0. The van der Waals surface area contributed by atoms with E-state index in [0.717, 1.165) is 32.4 Å². The van der Waals surface area contributed by atoms with Gasteiger partial charge in [-0.25, -0.2) is 4.79 Å². The maximum Gasteiger partial charge on any atom is 0.410 e. The lowest BCUT2D eigenvalue weighted by atomic mass is 9.98. The van der Waals surface area contributed by atoms with Crippen molar-refractivity contribution in [3.8, 4) is 0 Å². The third kappa shape index (κ3) is 3.85. The molecule has 24 heavy (non-hydrogen) atoms. The number of nitrogens with zero attached hydrogens (tertiary/aromatic N) is 2. The van der Waals surface area contributed by atoms with Crippen molar-refractivity contribution in [3.63, 3.8) is 0 Å². The van der Waals surface area contributed by atoms with E-state index in [1.54, 1.807) is 4.90 Å². The molecule has 6 heteroatoms. The van der Waals surface area contributed by atoms with Gasteiger partial charge in [0, 0.05) is 25.2 Å². The van der Waals surface area contributed by atoms with E-state index in [0.29, 0.717) is 12.6 Å². The monoisotopic (exact) mass is 337 g/mol. The third-order valence-electron chi connectivity index (χ3n) is 5.37. The van der Waals surface area contributed by atoms with Crippen LogP contribution in [0.4, 0.5) is 4.79 Å². The fraction of sp³-hybridized carbons (Fsp3) is 0.889. The van der Waals surface area contributed by atoms with Crippen molar-refractivity contribution in [2.45, 2.75) is 83.0 Å². The molecule has 0 bridgehead atoms. The number of piperidine rings is 1. The summed E-state index contributed by atoms with van der Waals surface area (Å²) in [4.78, 5) is 29.2. The molecular weight excluding hydrogens is 306 g/mol. The number of likely N-dealkylation sites (tertiary alicyclic amines) is 1. The highest BCUT2D eigenvalue weighted by Crippen LogP contribution is 2.28. The standard InChI is InChI=1S/C18H31N3O3/c1-18(2,3)24-17(23)21-11-6-8-15(21)16(22)19-13-9-12-20-10-5-4-7-14(13)20/h13-15H,4-12H2,1-3H3,(H,19,22)/t13-,14-,15-/m1/s1. The number of amides is 2. The summed E-state index contributed by atoms with van der Waals surface area (Å²) in [6.07, 6.45) is 5.93. The number of hydrogen-bond donors (Lipinski definition) is 1. The molecule has 0 aromatic carbocycles. The van der Waals surface area contributed by atoms with Gasteiger partial charge >= 0.3 is 6.09 Å². The number of nitrogens with one attached hydrogen (secondary N) is 1. The van der Waals surface area contributed by atoms with Crippen LogP contribution in [0.1, 0.15) is 59.3 Å². The topological polar surface area (TPSA) is 61.9 Å². The van der Waals surface area contributed by atoms with Crippen LogP contribution in [0, 0.1) is 0 Å². The van der Waals surface area contributed by atoms with Crippen molar-refractivity contribution in [2.75, 3.05) is 19.6 Å². The third-order valence-corrected chi connectivity index (χ3v) is 5.37. The second kappa shape index (κ2) is 6.90. The highest BCUT2D eigenvalue weighted by molar-refractivity contribution is 5.86. The predicted molar refractivity (Wildman–Crippen MR) is 91.7 cm³/mol. The molecule has 0 radical (unpaired) electrons. The average Bonchev–Trinajstić information content (AvgIpc) is 3.13. The quantitative estimate of drug-likeness (QED) is 0.838. The van der Waals surface area contributed by atoms with Crippen molar-refractivity contribution in [1.82, 2.24) is 15.1 Å². The Hall–Kier alpha value is -1.30. The summed E-state index contributed by atoms with van der Waals surface area (Å²) in [5.74, 6) is -0.00390. The van der Waals surface area contributed by atoms with Gasteiger partial charge in [-0.1, -0.05) is 6.42 Å². The maximum atomic E-state index is 12.8. The first-order valence-electron chi connectivity index (χ1n) is 9.39. The molecule has 2 amide bonds. The molecule has 1 N–H and O–H groups in total. The number of ether oxygens (including phenoxy) is 1. The van der Waals surface area contributed by atoms with E-state index in [9.17, 15) is 9.59 Å². The summed E-state index contributed by atoms with van der Waals surface area (Å²) in [5, 5.41) is 3.24. The molecule has 0 spiro atoms. The molecule has 0 unspecified atom stereocenters. The molecular formula is C18H31N3O3. The molecule has 3 saturated heterocycles. The summed E-state index contributed by atoms with van der Waals surface area (Å²) in [6.45, 7) is 8.40. The van der Waals surface area contributed by atoms with E-state index < -0.39 is 5.60 Å². The molecule has 0 saturated carbocycles. The first-order chi connectivity index (χ1) is 11.3. The second-order valence-corrected chi connectivity index (χ2v) is 8.33. The van der Waals surface area contributed by atoms with Gasteiger partial charge in [0.1, 0.15) is 11.6 Å². The zero-order valence-corrected chi connectivity index (χ0v) is 15.2. The molecule has 3 aliphatic heterocycles. The summed E-state index contributed by atoms with van der Waals surface area (Å²) in [5.41, 5.74) is -0.533. The SMILES string of the molecule is CC(C)(C)OC(=O)N1CCC[C@@H]1C(=O)N[C@@H]1CCN2CCCC[C@H]12. The lowest BCUT2D eigenvalue weighted by Gasteiger charge is -2.33. The van der Waals surface area contributed by atoms with E-state index in [2.05, 4.69) is 10.2 Å². The first kappa shape index (κ1) is 17.5. The van der Waals surface area contributed by atoms with Gasteiger partial charge < -0.3 is 10.1 Å². The normalized spacial score (nSPS) is 31.0. The average molecular weight is 337 g/mol. The van der Waals surface area contributed by atoms with Crippen LogP contribution in [0.5, 0.6) is 0 Å². The van der Waals surface area contributed by atoms with E-state index >= 15 is 0 Å². The zero-order chi connectivity index (χ0) is 17.3. The van der Waals surface area contributed by atoms with Gasteiger partial charge in [0.05, 0.1) is 0 Å². The van der Waals surface area contributed by atoms with Crippen LogP contribution in [0.15, 0.2) is 0 Å². The highest BCUT2D eigenvalue weighted by Gasteiger charge is 2.40. The van der Waals surface area contributed by atoms with Gasteiger partial charge in [-0.05, 0) is 59.4 Å². The van der Waals surface area contributed by atoms with Gasteiger partial charge in [0.15, 0.2) is 0 Å². The van der Waals surface area contributed by atoms with Crippen molar-refractivity contribution in [3.05, 3.63) is 0 Å². The van der Waals surface area contributed by atoms with Crippen LogP contribution < -0.4 is 5.32 Å². The number of carbonyl (C=O) groups is 2. The van der Waals surface area contributed by atoms with Gasteiger partial charge in [-0.3, -0.25) is 14.6 Å². The van der Waals surface area contributed by atoms with E-state index in [1.807, 2.05) is 20.8 Å². The van der Waals surface area contributed by atoms with E-state index in [-0.39, 0.29) is 24.1 Å². The van der Waals surface area contributed by atoms with Crippen LogP contribution in [-0.4, -0.2) is 65.2 Å². The van der Waals surface area contributed by atoms with Crippen molar-refractivity contribution >= 4 is 12.0 Å². The number of hydrogen-bond acceptors (Lipinski definition) is 4. The summed E-state index contributed by atoms with van der Waals surface area (Å²) < 4.78 is 5.46. The predicted octanol–water partition coefficient (Wildman–Crippen LogP) is 2.13. The summed E-state index contributed by atoms with van der Waals surface area (Å²) in [6, 6.07) is 0.343. The molecule has 3 fully saturated rings. The fourth-order valence-corrected chi connectivity index (χ4v) is 4.27. The summed E-state index contributed by atoms with van der Waals surface area (Å²) >= 11 is 0. The van der Waals surface area contributed by atoms with Crippen molar-refractivity contribution in [1.29, 1.82) is 0 Å². The Balaban J connectivity index is 1.58. The molecule has 0 aliphatic carbocycles. The molecule has 3 heterocycles. The van der Waals surface area contributed by atoms with Gasteiger partial charge in [-0.2, -0.15) is 0 Å². The Kier molecular flexibility index (Phi) is 5.04. The minimum atomic E-state index is -0.533. The molecule has 3 rings (SSSR count). The zero-order valence-electron chi connectivity index (χ0n) is 15.2. The Morgan fingerprint density at radius 3 is 2.54 bits per heavy atom. The van der Waals surface area contributed by atoms with Crippen molar-refractivity contribution in [2.24, 2.45) is 0 Å². The van der Waals surface area contributed by atoms with E-state index in [1.165, 1.54) is 19.3 Å². The van der Waals surface area contributed by atoms with Crippen LogP contribution in [0.2, 0.25) is 0 Å². The molecule has 136 valence electrons. The Bertz CT molecular complexity index is 488. The van der Waals surface area contributed by atoms with Crippen LogP contribution >= 0.6 is 0 Å². The first-order valence-corrected chi connectivity index (χ1v) is 9.39. The minimum Gasteiger partial charge on any atom is -0.444 e. The van der Waals surface area contributed by atoms with Crippen LogP contribution in [-0.2, 0) is 9.53 Å². The minimum absolute atomic E-state index is 0.00390. The fourth-order valence-electron chi connectivity index (χ4n) is 4.27. The highest BCUT2D eigenvalue weighted by atomic mass is 16.6. The smallest absolute Gasteiger partial charge is 0.410 e. The molecule has 0 aromatic heterocycles. The molecule has 3 aliphatic rings. The number of rotatable bonds is 2. The molecule has 6 nitrogen and oxygen atoms in total. The van der Waals surface area contributed by atoms with Crippen molar-refractivity contribution < 1.29 is 14.3 Å². The number of fused-ring (bicyclic) bond motifs is 1. The van der Waals surface area contributed by atoms with Crippen LogP contribution in [0.25, 0.3) is 0 Å². The van der Waals surface area contributed by atoms with Gasteiger partial charge in [0.25, 0.3) is 0 Å². The second-order valence-electron chi connectivity index (χ2n) is 8.33. The Morgan fingerprint density at radius 1 is 1.00 bits per heavy atom. The molecule has 3 atom stereocenters.